The van der Waals surface area contributed by atoms with Crippen LogP contribution in [0.5, 0.6) is 0 Å². The van der Waals surface area contributed by atoms with Gasteiger partial charge in [-0.05, 0) is 24.3 Å². The second-order valence-corrected chi connectivity index (χ2v) is 7.20. The van der Waals surface area contributed by atoms with Gasteiger partial charge in [-0.1, -0.05) is 29.8 Å². The molecular weight excluding hydrogens is 346 g/mol. The molecule has 0 atom stereocenters. The molecule has 2 aromatic rings. The zero-order chi connectivity index (χ0) is 16.9. The number of carbonyl (C=O) groups excluding carboxylic acids is 2. The number of rotatable bonds is 4. The van der Waals surface area contributed by atoms with Crippen molar-refractivity contribution in [3.05, 3.63) is 51.7 Å². The lowest BCUT2D eigenvalue weighted by Gasteiger charge is -2.36. The summed E-state index contributed by atoms with van der Waals surface area (Å²) >= 11 is 7.01. The molecule has 0 radical (unpaired) electrons. The Kier molecular flexibility index (Phi) is 5.37. The molecule has 2 heterocycles. The zero-order valence-electron chi connectivity index (χ0n) is 13.1. The minimum absolute atomic E-state index is 0.0136. The van der Waals surface area contributed by atoms with Gasteiger partial charge in [0.05, 0.1) is 15.8 Å². The number of nitrogens with one attached hydrogen (secondary N) is 1. The lowest BCUT2D eigenvalue weighted by Crippen LogP contribution is -2.51. The molecule has 126 valence electrons. The Morgan fingerprint density at radius 3 is 2.38 bits per heavy atom. The second kappa shape index (κ2) is 7.68. The normalized spacial score (nSPS) is 14.5. The molecule has 2 amide bonds. The van der Waals surface area contributed by atoms with E-state index in [9.17, 15) is 9.59 Å². The Hall–Kier alpha value is -2.05. The van der Waals surface area contributed by atoms with Crippen molar-refractivity contribution < 1.29 is 9.59 Å². The Morgan fingerprint density at radius 1 is 1.04 bits per heavy atom. The molecule has 1 aromatic heterocycles. The van der Waals surface area contributed by atoms with Gasteiger partial charge in [0.15, 0.2) is 0 Å². The van der Waals surface area contributed by atoms with E-state index in [1.165, 1.54) is 17.0 Å². The number of halogens is 1. The van der Waals surface area contributed by atoms with E-state index in [0.717, 1.165) is 13.1 Å². The predicted molar refractivity (Wildman–Crippen MR) is 96.9 cm³/mol. The van der Waals surface area contributed by atoms with Crippen molar-refractivity contribution in [2.24, 2.45) is 0 Å². The maximum Gasteiger partial charge on any atom is 0.261 e. The minimum Gasteiger partial charge on any atom is -0.368 e. The van der Waals surface area contributed by atoms with Gasteiger partial charge in [-0.25, -0.2) is 0 Å². The first-order chi connectivity index (χ1) is 11.6. The third kappa shape index (κ3) is 4.07. The number of thiophene rings is 1. The van der Waals surface area contributed by atoms with Gasteiger partial charge < -0.3 is 15.1 Å². The van der Waals surface area contributed by atoms with Crippen LogP contribution in [-0.4, -0.2) is 49.4 Å². The summed E-state index contributed by atoms with van der Waals surface area (Å²) in [5.41, 5.74) is 1.17. The fourth-order valence-electron chi connectivity index (χ4n) is 2.64. The largest absolute Gasteiger partial charge is 0.368 e. The number of piperazine rings is 1. The number of anilines is 1. The highest BCUT2D eigenvalue weighted by Crippen LogP contribution is 2.21. The summed E-state index contributed by atoms with van der Waals surface area (Å²) in [7, 11) is 0. The summed E-state index contributed by atoms with van der Waals surface area (Å²) in [6.07, 6.45) is 0. The molecule has 7 heteroatoms. The molecule has 0 spiro atoms. The van der Waals surface area contributed by atoms with Gasteiger partial charge in [-0.2, -0.15) is 0 Å². The first-order valence-electron chi connectivity index (χ1n) is 7.75. The van der Waals surface area contributed by atoms with Crippen LogP contribution in [-0.2, 0) is 4.79 Å². The third-order valence-electron chi connectivity index (χ3n) is 3.95. The van der Waals surface area contributed by atoms with Crippen LogP contribution in [0.2, 0.25) is 4.34 Å². The van der Waals surface area contributed by atoms with E-state index in [1.54, 1.807) is 17.0 Å². The van der Waals surface area contributed by atoms with E-state index in [0.29, 0.717) is 22.3 Å². The van der Waals surface area contributed by atoms with Crippen LogP contribution >= 0.6 is 22.9 Å². The van der Waals surface area contributed by atoms with Gasteiger partial charge in [-0.15, -0.1) is 11.3 Å². The molecule has 1 fully saturated rings. The molecule has 1 aromatic carbocycles. The molecule has 24 heavy (non-hydrogen) atoms. The number of benzene rings is 1. The quantitative estimate of drug-likeness (QED) is 0.908. The SMILES string of the molecule is O=C(NCC(=O)N1CCN(c2ccccc2)CC1)c1ccc(Cl)s1. The van der Waals surface area contributed by atoms with Crippen LogP contribution in [0.25, 0.3) is 0 Å². The first-order valence-corrected chi connectivity index (χ1v) is 8.94. The average molecular weight is 364 g/mol. The minimum atomic E-state index is -0.261. The highest BCUT2D eigenvalue weighted by molar-refractivity contribution is 7.18. The van der Waals surface area contributed by atoms with Crippen molar-refractivity contribution >= 4 is 40.4 Å². The molecular formula is C17H18ClN3O2S. The Bertz CT molecular complexity index is 712. The van der Waals surface area contributed by atoms with Gasteiger partial charge in [0.2, 0.25) is 5.91 Å². The average Bonchev–Trinajstić information content (AvgIpc) is 3.07. The number of hydrogen-bond donors (Lipinski definition) is 1. The van der Waals surface area contributed by atoms with E-state index in [2.05, 4.69) is 22.3 Å². The number of hydrogen-bond acceptors (Lipinski definition) is 4. The molecule has 0 saturated carbocycles. The molecule has 1 N–H and O–H groups in total. The van der Waals surface area contributed by atoms with Crippen LogP contribution in [0.3, 0.4) is 0 Å². The molecule has 0 bridgehead atoms. The summed E-state index contributed by atoms with van der Waals surface area (Å²) < 4.78 is 0.559. The standard InChI is InChI=1S/C17H18ClN3O2S/c18-15-7-6-14(24-15)17(23)19-12-16(22)21-10-8-20(9-11-21)13-4-2-1-3-5-13/h1-7H,8-12H2,(H,19,23). The van der Waals surface area contributed by atoms with Crippen molar-refractivity contribution in [2.45, 2.75) is 0 Å². The monoisotopic (exact) mass is 363 g/mol. The van der Waals surface area contributed by atoms with Crippen molar-refractivity contribution in [3.63, 3.8) is 0 Å². The van der Waals surface area contributed by atoms with E-state index >= 15 is 0 Å². The van der Waals surface area contributed by atoms with Crippen molar-refractivity contribution in [1.82, 2.24) is 10.2 Å². The van der Waals surface area contributed by atoms with Crippen molar-refractivity contribution in [1.29, 1.82) is 0 Å². The summed E-state index contributed by atoms with van der Waals surface area (Å²) in [5, 5.41) is 2.66. The van der Waals surface area contributed by atoms with Crippen LogP contribution in [0.4, 0.5) is 5.69 Å². The Morgan fingerprint density at radius 2 is 1.75 bits per heavy atom. The fourth-order valence-corrected chi connectivity index (χ4v) is 3.60. The van der Waals surface area contributed by atoms with Gasteiger partial charge in [-0.3, -0.25) is 9.59 Å². The zero-order valence-corrected chi connectivity index (χ0v) is 14.6. The number of para-hydroxylation sites is 1. The summed E-state index contributed by atoms with van der Waals surface area (Å²) in [5.74, 6) is -0.318. The highest BCUT2D eigenvalue weighted by Gasteiger charge is 2.21. The van der Waals surface area contributed by atoms with Gasteiger partial charge in [0, 0.05) is 31.9 Å². The third-order valence-corrected chi connectivity index (χ3v) is 5.18. The number of carbonyl (C=O) groups is 2. The highest BCUT2D eigenvalue weighted by atomic mass is 35.5. The molecule has 0 aliphatic carbocycles. The summed E-state index contributed by atoms with van der Waals surface area (Å²) in [4.78, 5) is 28.8. The number of amides is 2. The van der Waals surface area contributed by atoms with Crippen LogP contribution in [0, 0.1) is 0 Å². The smallest absolute Gasteiger partial charge is 0.261 e. The van der Waals surface area contributed by atoms with Crippen LogP contribution < -0.4 is 10.2 Å². The van der Waals surface area contributed by atoms with Crippen molar-refractivity contribution in [3.8, 4) is 0 Å². The lowest BCUT2D eigenvalue weighted by molar-refractivity contribution is -0.130. The van der Waals surface area contributed by atoms with Gasteiger partial charge in [0.25, 0.3) is 5.91 Å². The lowest BCUT2D eigenvalue weighted by atomic mass is 10.2. The molecule has 1 aliphatic heterocycles. The Balaban J connectivity index is 1.46. The van der Waals surface area contributed by atoms with E-state index < -0.39 is 0 Å². The topological polar surface area (TPSA) is 52.7 Å². The van der Waals surface area contributed by atoms with E-state index in [4.69, 9.17) is 11.6 Å². The first kappa shape index (κ1) is 16.8. The number of nitrogens with zero attached hydrogens (tertiary/aromatic N) is 2. The van der Waals surface area contributed by atoms with Crippen LogP contribution in [0.1, 0.15) is 9.67 Å². The van der Waals surface area contributed by atoms with E-state index in [1.807, 2.05) is 18.2 Å². The maximum absolute atomic E-state index is 12.3. The molecule has 1 aliphatic rings. The van der Waals surface area contributed by atoms with Gasteiger partial charge in [0.1, 0.15) is 0 Å². The molecule has 3 rings (SSSR count). The van der Waals surface area contributed by atoms with E-state index in [-0.39, 0.29) is 18.4 Å². The van der Waals surface area contributed by atoms with Gasteiger partial charge >= 0.3 is 0 Å². The summed E-state index contributed by atoms with van der Waals surface area (Å²) in [6, 6.07) is 13.5. The maximum atomic E-state index is 12.3. The predicted octanol–water partition coefficient (Wildman–Crippen LogP) is 2.48. The van der Waals surface area contributed by atoms with Crippen LogP contribution in [0.15, 0.2) is 42.5 Å². The molecule has 5 nitrogen and oxygen atoms in total. The Labute approximate surface area is 149 Å². The second-order valence-electron chi connectivity index (χ2n) is 5.49. The summed E-state index contributed by atoms with van der Waals surface area (Å²) in [6.45, 7) is 2.93. The molecule has 1 saturated heterocycles. The van der Waals surface area contributed by atoms with Crippen molar-refractivity contribution in [2.75, 3.05) is 37.6 Å². The molecule has 0 unspecified atom stereocenters. The fraction of sp³-hybridized carbons (Fsp3) is 0.294.